The van der Waals surface area contributed by atoms with Gasteiger partial charge in [-0.25, -0.2) is 0 Å². The number of aromatic nitrogens is 1. The molecule has 1 heterocycles. The summed E-state index contributed by atoms with van der Waals surface area (Å²) in [4.78, 5) is 10.4. The van der Waals surface area contributed by atoms with Crippen LogP contribution in [0.15, 0.2) is 30.5 Å². The Hall–Kier alpha value is -1.97. The largest absolute Gasteiger partial charge is 0.508 e. The minimum absolute atomic E-state index is 0.102. The minimum atomic E-state index is -0.810. The van der Waals surface area contributed by atoms with Gasteiger partial charge in [-0.15, -0.1) is 0 Å². The predicted octanol–water partition coefficient (Wildman–Crippen LogP) is 1.82. The number of hydrogen-bond acceptors (Lipinski definition) is 2. The summed E-state index contributed by atoms with van der Waals surface area (Å²) in [5, 5.41) is 18.7. The molecule has 0 atom stereocenters. The van der Waals surface area contributed by atoms with Gasteiger partial charge in [0.2, 0.25) is 0 Å². The van der Waals surface area contributed by atoms with Gasteiger partial charge in [-0.3, -0.25) is 4.79 Å². The van der Waals surface area contributed by atoms with Gasteiger partial charge in [-0.05, 0) is 24.3 Å². The number of rotatable bonds is 3. The number of hydrogen-bond donors (Lipinski definition) is 2. The van der Waals surface area contributed by atoms with Crippen molar-refractivity contribution in [2.75, 3.05) is 0 Å². The van der Waals surface area contributed by atoms with E-state index in [-0.39, 0.29) is 12.2 Å². The summed E-state index contributed by atoms with van der Waals surface area (Å²) < 4.78 is 1.86. The number of carboxylic acids is 1. The second-order valence-corrected chi connectivity index (χ2v) is 3.40. The van der Waals surface area contributed by atoms with Crippen molar-refractivity contribution in [3.63, 3.8) is 0 Å². The topological polar surface area (TPSA) is 62.5 Å². The van der Waals surface area contributed by atoms with E-state index in [9.17, 15) is 9.90 Å². The highest BCUT2D eigenvalue weighted by Crippen LogP contribution is 2.21. The molecule has 4 nitrogen and oxygen atoms in total. The minimum Gasteiger partial charge on any atom is -0.508 e. The molecular weight excluding hydrogens is 194 g/mol. The van der Waals surface area contributed by atoms with Crippen LogP contribution < -0.4 is 0 Å². The Bertz CT molecular complexity index is 502. The number of carbonyl (C=O) groups is 1. The van der Waals surface area contributed by atoms with Crippen LogP contribution in [0.5, 0.6) is 5.75 Å². The number of nitrogens with zero attached hydrogens (tertiary/aromatic N) is 1. The molecule has 4 heteroatoms. The first-order valence-corrected chi connectivity index (χ1v) is 4.66. The molecule has 2 N–H and O–H groups in total. The van der Waals surface area contributed by atoms with Crippen molar-refractivity contribution in [2.45, 2.75) is 13.0 Å². The van der Waals surface area contributed by atoms with Gasteiger partial charge in [0.05, 0.1) is 6.42 Å². The lowest BCUT2D eigenvalue weighted by Crippen LogP contribution is -2.02. The molecule has 0 aliphatic carbocycles. The van der Waals surface area contributed by atoms with E-state index in [4.69, 9.17) is 5.11 Å². The molecule has 2 aromatic rings. The quantitative estimate of drug-likeness (QED) is 0.803. The van der Waals surface area contributed by atoms with Gasteiger partial charge in [0, 0.05) is 23.6 Å². The van der Waals surface area contributed by atoms with Crippen LogP contribution >= 0.6 is 0 Å². The maximum Gasteiger partial charge on any atom is 0.305 e. The van der Waals surface area contributed by atoms with Gasteiger partial charge in [0.25, 0.3) is 0 Å². The number of phenolic OH excluding ortho intramolecular Hbond substituents is 1. The molecule has 0 radical (unpaired) electrons. The Morgan fingerprint density at radius 1 is 1.33 bits per heavy atom. The van der Waals surface area contributed by atoms with Gasteiger partial charge in [-0.1, -0.05) is 0 Å². The number of fused-ring (bicyclic) bond motifs is 1. The van der Waals surface area contributed by atoms with Crippen LogP contribution in [-0.4, -0.2) is 20.7 Å². The van der Waals surface area contributed by atoms with E-state index in [1.807, 2.05) is 16.8 Å². The number of carboxylic acid groups (broad SMARTS) is 1. The number of aryl methyl sites for hydroxylation is 1. The van der Waals surface area contributed by atoms with Crippen molar-refractivity contribution in [3.8, 4) is 5.75 Å². The Kier molecular flexibility index (Phi) is 2.33. The second kappa shape index (κ2) is 3.65. The lowest BCUT2D eigenvalue weighted by molar-refractivity contribution is -0.137. The SMILES string of the molecule is O=C(O)CCn1ccc2cc(O)ccc21. The lowest BCUT2D eigenvalue weighted by Gasteiger charge is -2.02. The fourth-order valence-corrected chi connectivity index (χ4v) is 1.60. The monoisotopic (exact) mass is 205 g/mol. The molecule has 0 aliphatic heterocycles. The summed E-state index contributed by atoms with van der Waals surface area (Å²) in [6, 6.07) is 6.90. The smallest absolute Gasteiger partial charge is 0.305 e. The Balaban J connectivity index is 2.32. The molecule has 2 rings (SSSR count). The first kappa shape index (κ1) is 9.58. The van der Waals surface area contributed by atoms with Gasteiger partial charge in [-0.2, -0.15) is 0 Å². The van der Waals surface area contributed by atoms with Gasteiger partial charge < -0.3 is 14.8 Å². The van der Waals surface area contributed by atoms with Crippen LogP contribution in [0.3, 0.4) is 0 Å². The number of aliphatic carboxylic acids is 1. The van der Waals surface area contributed by atoms with E-state index in [2.05, 4.69) is 0 Å². The third kappa shape index (κ3) is 1.93. The van der Waals surface area contributed by atoms with Crippen molar-refractivity contribution < 1.29 is 15.0 Å². The third-order valence-corrected chi connectivity index (χ3v) is 2.32. The third-order valence-electron chi connectivity index (χ3n) is 2.32. The number of aromatic hydroxyl groups is 1. The van der Waals surface area contributed by atoms with E-state index in [1.165, 1.54) is 0 Å². The van der Waals surface area contributed by atoms with Crippen molar-refractivity contribution in [2.24, 2.45) is 0 Å². The van der Waals surface area contributed by atoms with E-state index in [0.717, 1.165) is 10.9 Å². The molecule has 0 saturated carbocycles. The summed E-state index contributed by atoms with van der Waals surface area (Å²) in [6.45, 7) is 0.448. The highest BCUT2D eigenvalue weighted by atomic mass is 16.4. The molecule has 0 aliphatic rings. The van der Waals surface area contributed by atoms with E-state index in [1.54, 1.807) is 18.2 Å². The molecule has 1 aromatic carbocycles. The van der Waals surface area contributed by atoms with Crippen LogP contribution in [0.4, 0.5) is 0 Å². The molecular formula is C11H11NO3. The van der Waals surface area contributed by atoms with Crippen molar-refractivity contribution in [3.05, 3.63) is 30.5 Å². The van der Waals surface area contributed by atoms with Crippen LogP contribution in [0.25, 0.3) is 10.9 Å². The van der Waals surface area contributed by atoms with Gasteiger partial charge >= 0.3 is 5.97 Å². The number of phenols is 1. The van der Waals surface area contributed by atoms with E-state index in [0.29, 0.717) is 6.54 Å². The summed E-state index contributed by atoms with van der Waals surface area (Å²) in [6.07, 6.45) is 1.93. The first-order valence-electron chi connectivity index (χ1n) is 4.66. The summed E-state index contributed by atoms with van der Waals surface area (Å²) in [7, 11) is 0. The van der Waals surface area contributed by atoms with Crippen molar-refractivity contribution in [1.29, 1.82) is 0 Å². The maximum atomic E-state index is 10.4. The Morgan fingerprint density at radius 2 is 2.13 bits per heavy atom. The second-order valence-electron chi connectivity index (χ2n) is 3.40. The first-order chi connectivity index (χ1) is 7.16. The Labute approximate surface area is 86.4 Å². The van der Waals surface area contributed by atoms with Crippen LogP contribution in [0.2, 0.25) is 0 Å². The van der Waals surface area contributed by atoms with Crippen LogP contribution in [-0.2, 0) is 11.3 Å². The average molecular weight is 205 g/mol. The summed E-state index contributed by atoms with van der Waals surface area (Å²) in [5.41, 5.74) is 0.939. The zero-order chi connectivity index (χ0) is 10.8. The number of benzene rings is 1. The molecule has 1 aromatic heterocycles. The summed E-state index contributed by atoms with van der Waals surface area (Å²) in [5.74, 6) is -0.589. The lowest BCUT2D eigenvalue weighted by atomic mass is 10.2. The predicted molar refractivity (Wildman–Crippen MR) is 55.9 cm³/mol. The van der Waals surface area contributed by atoms with E-state index >= 15 is 0 Å². The molecule has 78 valence electrons. The van der Waals surface area contributed by atoms with Crippen molar-refractivity contribution >= 4 is 16.9 Å². The normalized spacial score (nSPS) is 10.7. The van der Waals surface area contributed by atoms with Crippen LogP contribution in [0.1, 0.15) is 6.42 Å². The zero-order valence-corrected chi connectivity index (χ0v) is 8.05. The molecule has 0 bridgehead atoms. The molecule has 15 heavy (non-hydrogen) atoms. The van der Waals surface area contributed by atoms with Crippen molar-refractivity contribution in [1.82, 2.24) is 4.57 Å². The molecule has 0 saturated heterocycles. The van der Waals surface area contributed by atoms with Gasteiger partial charge in [0.1, 0.15) is 5.75 Å². The highest BCUT2D eigenvalue weighted by Gasteiger charge is 2.03. The standard InChI is InChI=1S/C11H11NO3/c13-9-1-2-10-8(7-9)3-5-12(10)6-4-11(14)15/h1-3,5,7,13H,4,6H2,(H,14,15). The average Bonchev–Trinajstić information content (AvgIpc) is 2.57. The summed E-state index contributed by atoms with van der Waals surface area (Å²) >= 11 is 0. The molecule has 0 spiro atoms. The molecule has 0 amide bonds. The maximum absolute atomic E-state index is 10.4. The molecule has 0 unspecified atom stereocenters. The van der Waals surface area contributed by atoms with E-state index < -0.39 is 5.97 Å². The zero-order valence-electron chi connectivity index (χ0n) is 8.05. The van der Waals surface area contributed by atoms with Gasteiger partial charge in [0.15, 0.2) is 0 Å². The fourth-order valence-electron chi connectivity index (χ4n) is 1.60. The van der Waals surface area contributed by atoms with Crippen LogP contribution in [0, 0.1) is 0 Å². The fraction of sp³-hybridized carbons (Fsp3) is 0.182. The molecule has 0 fully saturated rings. The highest BCUT2D eigenvalue weighted by molar-refractivity contribution is 5.81. The Morgan fingerprint density at radius 3 is 2.87 bits per heavy atom.